The zero-order chi connectivity index (χ0) is 10.3. The molecule has 2 saturated carbocycles. The van der Waals surface area contributed by atoms with Gasteiger partial charge in [-0.3, -0.25) is 4.79 Å². The number of allylic oxidation sites excluding steroid dienone is 1. The molecule has 1 heterocycles. The van der Waals surface area contributed by atoms with E-state index < -0.39 is 0 Å². The van der Waals surface area contributed by atoms with Crippen LogP contribution < -0.4 is 0 Å². The molecule has 0 aromatic rings. The highest BCUT2D eigenvalue weighted by Crippen LogP contribution is 2.49. The number of carbonyl (C=O) groups is 1. The van der Waals surface area contributed by atoms with Gasteiger partial charge in [-0.2, -0.15) is 0 Å². The molecule has 0 spiro atoms. The molecule has 3 aliphatic rings. The first-order chi connectivity index (χ1) is 7.33. The van der Waals surface area contributed by atoms with Crippen LogP contribution in [0.15, 0.2) is 11.8 Å². The highest BCUT2D eigenvalue weighted by molar-refractivity contribution is 5.93. The van der Waals surface area contributed by atoms with Crippen molar-refractivity contribution in [2.75, 3.05) is 6.61 Å². The second kappa shape index (κ2) is 3.66. The lowest BCUT2D eigenvalue weighted by molar-refractivity contribution is -0.119. The Balaban J connectivity index is 1.59. The first kappa shape index (κ1) is 9.44. The van der Waals surface area contributed by atoms with Crippen LogP contribution in [0, 0.1) is 17.8 Å². The van der Waals surface area contributed by atoms with Gasteiger partial charge in [0.25, 0.3) is 0 Å². The molecule has 0 radical (unpaired) electrons. The quantitative estimate of drug-likeness (QED) is 0.709. The van der Waals surface area contributed by atoms with Crippen molar-refractivity contribution in [3.05, 3.63) is 11.8 Å². The summed E-state index contributed by atoms with van der Waals surface area (Å²) in [6.07, 6.45) is 9.07. The maximum Gasteiger partial charge on any atom is 0.197 e. The monoisotopic (exact) mass is 206 g/mol. The topological polar surface area (TPSA) is 26.3 Å². The molecule has 0 saturated heterocycles. The Labute approximate surface area is 90.7 Å². The van der Waals surface area contributed by atoms with E-state index >= 15 is 0 Å². The van der Waals surface area contributed by atoms with Gasteiger partial charge in [0, 0.05) is 12.8 Å². The van der Waals surface area contributed by atoms with Gasteiger partial charge in [-0.15, -0.1) is 0 Å². The number of ether oxygens (including phenoxy) is 1. The highest BCUT2D eigenvalue weighted by Gasteiger charge is 2.40. The van der Waals surface area contributed by atoms with Crippen LogP contribution in [0.3, 0.4) is 0 Å². The van der Waals surface area contributed by atoms with Crippen LogP contribution in [0.1, 0.15) is 38.5 Å². The molecule has 2 nitrogen and oxygen atoms in total. The number of rotatable bonds is 3. The van der Waals surface area contributed by atoms with Crippen molar-refractivity contribution in [3.8, 4) is 0 Å². The molecule has 2 fully saturated rings. The lowest BCUT2D eigenvalue weighted by Crippen LogP contribution is -2.16. The fourth-order valence-electron chi connectivity index (χ4n) is 3.58. The predicted octanol–water partition coefficient (Wildman–Crippen LogP) is 2.69. The number of fused-ring (bicyclic) bond motifs is 2. The van der Waals surface area contributed by atoms with Crippen molar-refractivity contribution in [2.45, 2.75) is 38.5 Å². The molecule has 3 unspecified atom stereocenters. The van der Waals surface area contributed by atoms with Crippen molar-refractivity contribution in [1.82, 2.24) is 0 Å². The largest absolute Gasteiger partial charge is 0.490 e. The van der Waals surface area contributed by atoms with Gasteiger partial charge < -0.3 is 4.74 Å². The molecular weight excluding hydrogens is 188 g/mol. The van der Waals surface area contributed by atoms with E-state index in [4.69, 9.17) is 4.74 Å². The molecule has 0 aromatic carbocycles. The van der Waals surface area contributed by atoms with Crippen LogP contribution in [-0.4, -0.2) is 12.4 Å². The van der Waals surface area contributed by atoms with Crippen LogP contribution in [-0.2, 0) is 9.53 Å². The Morgan fingerprint density at radius 1 is 1.40 bits per heavy atom. The Hall–Kier alpha value is -0.790. The van der Waals surface area contributed by atoms with E-state index in [9.17, 15) is 4.79 Å². The highest BCUT2D eigenvalue weighted by atomic mass is 16.5. The minimum absolute atomic E-state index is 0.255. The van der Waals surface area contributed by atoms with Gasteiger partial charge in [0.15, 0.2) is 11.5 Å². The van der Waals surface area contributed by atoms with Crippen molar-refractivity contribution in [2.24, 2.45) is 17.8 Å². The predicted molar refractivity (Wildman–Crippen MR) is 57.2 cm³/mol. The molecule has 2 heteroatoms. The average Bonchev–Trinajstić information content (AvgIpc) is 2.95. The van der Waals surface area contributed by atoms with Crippen molar-refractivity contribution < 1.29 is 9.53 Å². The fourth-order valence-corrected chi connectivity index (χ4v) is 3.58. The van der Waals surface area contributed by atoms with Crippen LogP contribution in [0.5, 0.6) is 0 Å². The molecule has 0 aromatic heterocycles. The zero-order valence-electron chi connectivity index (χ0n) is 9.08. The lowest BCUT2D eigenvalue weighted by Gasteiger charge is -2.20. The lowest BCUT2D eigenvalue weighted by atomic mass is 9.85. The van der Waals surface area contributed by atoms with Crippen LogP contribution in [0.2, 0.25) is 0 Å². The normalized spacial score (nSPS) is 37.9. The van der Waals surface area contributed by atoms with E-state index in [-0.39, 0.29) is 5.78 Å². The Bertz CT molecular complexity index is 306. The average molecular weight is 206 g/mol. The third-order valence-electron chi connectivity index (χ3n) is 4.31. The van der Waals surface area contributed by atoms with Crippen LogP contribution >= 0.6 is 0 Å². The van der Waals surface area contributed by atoms with Crippen molar-refractivity contribution in [1.29, 1.82) is 0 Å². The van der Waals surface area contributed by atoms with Gasteiger partial charge in [0.1, 0.15) is 0 Å². The minimum Gasteiger partial charge on any atom is -0.490 e. The van der Waals surface area contributed by atoms with E-state index in [1.165, 1.54) is 25.7 Å². The Morgan fingerprint density at radius 2 is 2.33 bits per heavy atom. The van der Waals surface area contributed by atoms with E-state index in [0.29, 0.717) is 18.3 Å². The molecule has 2 bridgehead atoms. The summed E-state index contributed by atoms with van der Waals surface area (Å²) in [5.41, 5.74) is 0. The molecular formula is C13H18O2. The first-order valence-electron chi connectivity index (χ1n) is 6.19. The summed E-state index contributed by atoms with van der Waals surface area (Å²) < 4.78 is 5.32. The summed E-state index contributed by atoms with van der Waals surface area (Å²) in [5, 5.41) is 0. The van der Waals surface area contributed by atoms with Crippen molar-refractivity contribution in [3.63, 3.8) is 0 Å². The molecule has 3 rings (SSSR count). The first-order valence-corrected chi connectivity index (χ1v) is 6.19. The SMILES string of the molecule is O=C(CC1CC2CCC1C2)C1=CCCO1. The van der Waals surface area contributed by atoms with Gasteiger partial charge in [-0.1, -0.05) is 6.42 Å². The molecule has 0 N–H and O–H groups in total. The minimum atomic E-state index is 0.255. The zero-order valence-corrected chi connectivity index (χ0v) is 9.08. The summed E-state index contributed by atoms with van der Waals surface area (Å²) in [6.45, 7) is 0.706. The van der Waals surface area contributed by atoms with Gasteiger partial charge >= 0.3 is 0 Å². The van der Waals surface area contributed by atoms with E-state index in [1.54, 1.807) is 0 Å². The summed E-state index contributed by atoms with van der Waals surface area (Å²) in [6, 6.07) is 0. The van der Waals surface area contributed by atoms with E-state index in [2.05, 4.69) is 0 Å². The Kier molecular flexibility index (Phi) is 2.30. The van der Waals surface area contributed by atoms with Crippen molar-refractivity contribution >= 4 is 5.78 Å². The van der Waals surface area contributed by atoms with Gasteiger partial charge in [0.05, 0.1) is 6.61 Å². The summed E-state index contributed by atoms with van der Waals surface area (Å²) in [7, 11) is 0. The maximum absolute atomic E-state index is 11.9. The number of hydrogen-bond donors (Lipinski definition) is 0. The summed E-state index contributed by atoms with van der Waals surface area (Å²) >= 11 is 0. The Morgan fingerprint density at radius 3 is 2.93 bits per heavy atom. The second-order valence-electron chi connectivity index (χ2n) is 5.27. The third kappa shape index (κ3) is 1.70. The fraction of sp³-hybridized carbons (Fsp3) is 0.769. The van der Waals surface area contributed by atoms with Gasteiger partial charge in [0.2, 0.25) is 0 Å². The van der Waals surface area contributed by atoms with Gasteiger partial charge in [-0.05, 0) is 43.1 Å². The summed E-state index contributed by atoms with van der Waals surface area (Å²) in [4.78, 5) is 11.9. The number of Topliss-reactive ketones (excluding diaryl/α,β-unsaturated/α-hetero) is 1. The third-order valence-corrected chi connectivity index (χ3v) is 4.31. The standard InChI is InChI=1S/C13H18O2/c14-12(13-2-1-5-15-13)8-11-7-9-3-4-10(11)6-9/h2,9-11H,1,3-8H2. The molecule has 82 valence electrons. The number of carbonyl (C=O) groups excluding carboxylic acids is 1. The van der Waals surface area contributed by atoms with E-state index in [0.717, 1.165) is 24.7 Å². The van der Waals surface area contributed by atoms with E-state index in [1.807, 2.05) is 6.08 Å². The smallest absolute Gasteiger partial charge is 0.197 e. The molecule has 15 heavy (non-hydrogen) atoms. The number of ketones is 1. The molecule has 3 atom stereocenters. The molecule has 1 aliphatic heterocycles. The second-order valence-corrected chi connectivity index (χ2v) is 5.27. The van der Waals surface area contributed by atoms with Gasteiger partial charge in [-0.25, -0.2) is 0 Å². The number of hydrogen-bond acceptors (Lipinski definition) is 2. The summed E-state index contributed by atoms with van der Waals surface area (Å²) in [5.74, 6) is 3.36. The molecule has 0 amide bonds. The van der Waals surface area contributed by atoms with Crippen LogP contribution in [0.25, 0.3) is 0 Å². The maximum atomic E-state index is 11.9. The molecule has 2 aliphatic carbocycles. The van der Waals surface area contributed by atoms with Crippen LogP contribution in [0.4, 0.5) is 0 Å².